The van der Waals surface area contributed by atoms with Crippen LogP contribution in [0.1, 0.15) is 53.2 Å². The van der Waals surface area contributed by atoms with Crippen LogP contribution >= 0.6 is 15.9 Å². The summed E-state index contributed by atoms with van der Waals surface area (Å²) in [6.45, 7) is 4.36. The minimum atomic E-state index is -0.191. The predicted octanol–water partition coefficient (Wildman–Crippen LogP) is 6.98. The third-order valence-electron chi connectivity index (χ3n) is 7.03. The van der Waals surface area contributed by atoms with Gasteiger partial charge in [0.2, 0.25) is 0 Å². The highest BCUT2D eigenvalue weighted by molar-refractivity contribution is 9.10. The first-order valence-corrected chi connectivity index (χ1v) is 13.9. The Labute approximate surface area is 241 Å². The summed E-state index contributed by atoms with van der Waals surface area (Å²) in [5.74, 6) is 0.993. The number of nitrogens with zero attached hydrogens (tertiary/aromatic N) is 3. The molecule has 0 bridgehead atoms. The fraction of sp³-hybridized carbons (Fsp3) is 0.188. The van der Waals surface area contributed by atoms with Crippen molar-refractivity contribution in [1.29, 1.82) is 0 Å². The monoisotopic (exact) mass is 596 g/mol. The van der Waals surface area contributed by atoms with Gasteiger partial charge < -0.3 is 10.4 Å². The molecule has 1 aliphatic carbocycles. The first-order chi connectivity index (χ1) is 19.4. The number of ketones is 2. The molecule has 202 valence electrons. The van der Waals surface area contributed by atoms with Gasteiger partial charge in [-0.25, -0.2) is 4.98 Å². The fourth-order valence-electron chi connectivity index (χ4n) is 4.80. The maximum atomic E-state index is 11.4. The van der Waals surface area contributed by atoms with Crippen LogP contribution in [-0.2, 0) is 17.8 Å². The van der Waals surface area contributed by atoms with Crippen LogP contribution in [0, 0.1) is 0 Å². The predicted molar refractivity (Wildman–Crippen MR) is 160 cm³/mol. The van der Waals surface area contributed by atoms with Gasteiger partial charge in [-0.1, -0.05) is 67.6 Å². The quantitative estimate of drug-likeness (QED) is 0.219. The van der Waals surface area contributed by atoms with E-state index in [0.717, 1.165) is 27.8 Å². The number of phenols is 1. The summed E-state index contributed by atoms with van der Waals surface area (Å²) in [5.41, 5.74) is 6.20. The number of benzene rings is 3. The highest BCUT2D eigenvalue weighted by atomic mass is 79.9. The number of rotatable bonds is 6. The van der Waals surface area contributed by atoms with Crippen LogP contribution in [0.5, 0.6) is 5.75 Å². The summed E-state index contributed by atoms with van der Waals surface area (Å²) < 4.78 is 2.56. The van der Waals surface area contributed by atoms with Crippen LogP contribution in [0.2, 0.25) is 0 Å². The maximum Gasteiger partial charge on any atom is 0.172 e. The molecule has 0 spiro atoms. The van der Waals surface area contributed by atoms with Gasteiger partial charge in [-0.05, 0) is 58.1 Å². The Bertz CT molecular complexity index is 1690. The molecule has 2 N–H and O–H groups in total. The van der Waals surface area contributed by atoms with E-state index in [4.69, 9.17) is 0 Å². The summed E-state index contributed by atoms with van der Waals surface area (Å²) >= 11 is 3.50. The lowest BCUT2D eigenvalue weighted by Crippen LogP contribution is -2.07. The molecule has 8 heteroatoms. The third-order valence-corrected chi connectivity index (χ3v) is 7.59. The van der Waals surface area contributed by atoms with Gasteiger partial charge in [0.05, 0.1) is 22.3 Å². The Hall–Kier alpha value is -4.30. The summed E-state index contributed by atoms with van der Waals surface area (Å²) in [4.78, 5) is 27.3. The molecule has 40 heavy (non-hydrogen) atoms. The Morgan fingerprint density at radius 3 is 2.40 bits per heavy atom. The molecule has 1 atom stereocenters. The first kappa shape index (κ1) is 27.3. The smallest absolute Gasteiger partial charge is 0.172 e. The van der Waals surface area contributed by atoms with E-state index < -0.39 is 0 Å². The van der Waals surface area contributed by atoms with Crippen molar-refractivity contribution in [2.75, 3.05) is 5.32 Å². The summed E-state index contributed by atoms with van der Waals surface area (Å²) in [6, 6.07) is 25.0. The van der Waals surface area contributed by atoms with Crippen LogP contribution in [0.4, 0.5) is 5.82 Å². The number of fused-ring (bicyclic) bond motifs is 2. The number of Topliss-reactive ketones (excluding diaryl/α,β-unsaturated/α-hetero) is 2. The molecule has 2 aromatic heterocycles. The number of aryl methyl sites for hydroxylation is 1. The van der Waals surface area contributed by atoms with E-state index >= 15 is 0 Å². The number of carbonyl (C=O) groups excluding carboxylic acids is 2. The number of carbonyl (C=O) groups is 2. The van der Waals surface area contributed by atoms with Crippen LogP contribution in [0.3, 0.4) is 0 Å². The Morgan fingerprint density at radius 2 is 1.70 bits per heavy atom. The van der Waals surface area contributed by atoms with Gasteiger partial charge in [0.15, 0.2) is 11.4 Å². The first-order valence-electron chi connectivity index (χ1n) is 13.1. The number of aromatic hydroxyl groups is 1. The van der Waals surface area contributed by atoms with Crippen molar-refractivity contribution >= 4 is 39.0 Å². The number of anilines is 1. The van der Waals surface area contributed by atoms with Gasteiger partial charge >= 0.3 is 0 Å². The SMILES string of the molecule is CC(=O)C1CC(=O)c2ccccc21.CCc1ccc(CNc2cc(-c3ccccc3O)nc3c(Br)cnn23)cc1. The number of halogens is 1. The number of nitrogens with one attached hydrogen (secondary N) is 1. The zero-order valence-corrected chi connectivity index (χ0v) is 23.9. The second kappa shape index (κ2) is 11.8. The third kappa shape index (κ3) is 5.67. The highest BCUT2D eigenvalue weighted by Gasteiger charge is 2.31. The number of hydrogen-bond acceptors (Lipinski definition) is 6. The van der Waals surface area contributed by atoms with Crippen LogP contribution < -0.4 is 5.32 Å². The van der Waals surface area contributed by atoms with E-state index in [2.05, 4.69) is 62.5 Å². The molecular weight excluding hydrogens is 568 g/mol. The zero-order valence-electron chi connectivity index (χ0n) is 22.3. The van der Waals surface area contributed by atoms with E-state index in [1.54, 1.807) is 35.8 Å². The van der Waals surface area contributed by atoms with Crippen molar-refractivity contribution in [3.8, 4) is 17.0 Å². The maximum absolute atomic E-state index is 11.4. The van der Waals surface area contributed by atoms with E-state index in [0.29, 0.717) is 29.9 Å². The second-order valence-electron chi connectivity index (χ2n) is 9.67. The van der Waals surface area contributed by atoms with Crippen molar-refractivity contribution in [3.63, 3.8) is 0 Å². The molecule has 1 unspecified atom stereocenters. The average molecular weight is 598 g/mol. The van der Waals surface area contributed by atoms with Crippen molar-refractivity contribution in [2.24, 2.45) is 0 Å². The lowest BCUT2D eigenvalue weighted by Gasteiger charge is -2.12. The summed E-state index contributed by atoms with van der Waals surface area (Å²) in [6.07, 6.45) is 3.11. The molecule has 0 saturated carbocycles. The molecule has 3 aromatic carbocycles. The molecule has 0 amide bonds. The fourth-order valence-corrected chi connectivity index (χ4v) is 5.15. The standard InChI is InChI=1S/C21H19BrN4O.C11H10O2/c1-2-14-7-9-15(10-8-14)12-23-20-11-18(16-5-3-4-6-19(16)27)25-21-17(22)13-24-26(20)21;1-7(12)10-6-11(13)9-5-3-2-4-8(9)10/h3-11,13,23,27H,2,12H2,1H3;2-5,10H,6H2,1H3. The molecule has 1 aliphatic rings. The van der Waals surface area contributed by atoms with E-state index in [1.165, 1.54) is 11.1 Å². The lowest BCUT2D eigenvalue weighted by atomic mass is 9.98. The van der Waals surface area contributed by atoms with Crippen LogP contribution in [0.15, 0.2) is 89.5 Å². The van der Waals surface area contributed by atoms with Crippen LogP contribution in [-0.4, -0.2) is 31.3 Å². The molecule has 7 nitrogen and oxygen atoms in total. The molecule has 0 radical (unpaired) electrons. The van der Waals surface area contributed by atoms with Gasteiger partial charge in [-0.3, -0.25) is 9.59 Å². The minimum absolute atomic E-state index is 0.0818. The van der Waals surface area contributed by atoms with Gasteiger partial charge in [0.25, 0.3) is 0 Å². The van der Waals surface area contributed by atoms with Crippen molar-refractivity contribution in [1.82, 2.24) is 14.6 Å². The number of hydrogen-bond donors (Lipinski definition) is 2. The van der Waals surface area contributed by atoms with Crippen molar-refractivity contribution < 1.29 is 14.7 Å². The van der Waals surface area contributed by atoms with Crippen molar-refractivity contribution in [3.05, 3.63) is 112 Å². The van der Waals surface area contributed by atoms with Crippen molar-refractivity contribution in [2.45, 2.75) is 39.2 Å². The van der Waals surface area contributed by atoms with Gasteiger partial charge in [-0.15, -0.1) is 0 Å². The van der Waals surface area contributed by atoms with E-state index in [9.17, 15) is 14.7 Å². The van der Waals surface area contributed by atoms with E-state index in [1.807, 2.05) is 36.4 Å². The van der Waals surface area contributed by atoms with Crippen LogP contribution in [0.25, 0.3) is 16.9 Å². The second-order valence-corrected chi connectivity index (χ2v) is 10.5. The topological polar surface area (TPSA) is 96.6 Å². The summed E-state index contributed by atoms with van der Waals surface area (Å²) in [7, 11) is 0. The Balaban J connectivity index is 0.000000207. The van der Waals surface area contributed by atoms with Gasteiger partial charge in [0, 0.05) is 30.2 Å². The molecule has 0 aliphatic heterocycles. The lowest BCUT2D eigenvalue weighted by molar-refractivity contribution is -0.118. The number of para-hydroxylation sites is 1. The number of phenolic OH excluding ortho intramolecular Hbond substituents is 1. The minimum Gasteiger partial charge on any atom is -0.507 e. The normalized spacial score (nSPS) is 14.0. The molecule has 2 heterocycles. The Kier molecular flexibility index (Phi) is 8.07. The molecule has 0 fully saturated rings. The Morgan fingerprint density at radius 1 is 1.02 bits per heavy atom. The molecular formula is C32H29BrN4O3. The highest BCUT2D eigenvalue weighted by Crippen LogP contribution is 2.33. The number of aromatic nitrogens is 3. The van der Waals surface area contributed by atoms with Gasteiger partial charge in [-0.2, -0.15) is 9.61 Å². The summed E-state index contributed by atoms with van der Waals surface area (Å²) in [5, 5.41) is 18.0. The van der Waals surface area contributed by atoms with Gasteiger partial charge in [0.1, 0.15) is 17.4 Å². The molecule has 6 rings (SSSR count). The zero-order chi connectivity index (χ0) is 28.2. The largest absolute Gasteiger partial charge is 0.507 e. The van der Waals surface area contributed by atoms with E-state index in [-0.39, 0.29) is 23.2 Å². The molecule has 0 saturated heterocycles. The molecule has 5 aromatic rings. The average Bonchev–Trinajstić information content (AvgIpc) is 3.52.